The third kappa shape index (κ3) is 2.10. The molecule has 0 heterocycles. The van der Waals surface area contributed by atoms with E-state index in [1.165, 1.54) is 17.7 Å². The van der Waals surface area contributed by atoms with E-state index in [0.717, 1.165) is 11.8 Å². The summed E-state index contributed by atoms with van der Waals surface area (Å²) in [5.41, 5.74) is 1.17. The number of halogens is 2. The van der Waals surface area contributed by atoms with Crippen molar-refractivity contribution in [1.82, 2.24) is 0 Å². The van der Waals surface area contributed by atoms with Crippen molar-refractivity contribution >= 4 is 15.9 Å². The highest BCUT2D eigenvalue weighted by atomic mass is 79.9. The van der Waals surface area contributed by atoms with Gasteiger partial charge in [0.25, 0.3) is 0 Å². The van der Waals surface area contributed by atoms with Gasteiger partial charge < -0.3 is 0 Å². The lowest BCUT2D eigenvalue weighted by Gasteiger charge is -1.94. The van der Waals surface area contributed by atoms with Gasteiger partial charge in [-0.15, -0.1) is 0 Å². The minimum Gasteiger partial charge on any atom is -0.207 e. The predicted molar refractivity (Wildman–Crippen MR) is 43.9 cm³/mol. The number of hydrogen-bond donors (Lipinski definition) is 0. The molecule has 0 saturated carbocycles. The second-order valence-electron chi connectivity index (χ2n) is 2.07. The fourth-order valence-electron chi connectivity index (χ4n) is 0.760. The Labute approximate surface area is 68.2 Å². The van der Waals surface area contributed by atoms with Crippen LogP contribution in [0.1, 0.15) is 5.56 Å². The van der Waals surface area contributed by atoms with Crippen molar-refractivity contribution < 1.29 is 4.39 Å². The predicted octanol–water partition coefficient (Wildman–Crippen LogP) is 2.76. The lowest BCUT2D eigenvalue weighted by molar-refractivity contribution is 0.627. The molecule has 10 heavy (non-hydrogen) atoms. The van der Waals surface area contributed by atoms with Crippen molar-refractivity contribution in [3.63, 3.8) is 0 Å². The van der Waals surface area contributed by atoms with Crippen LogP contribution in [0.5, 0.6) is 0 Å². The van der Waals surface area contributed by atoms with Crippen LogP contribution < -0.4 is 0 Å². The molecular weight excluding hydrogens is 194 g/mol. The zero-order valence-electron chi connectivity index (χ0n) is 5.48. The van der Waals surface area contributed by atoms with Crippen molar-refractivity contribution in [2.45, 2.75) is 6.42 Å². The van der Waals surface area contributed by atoms with E-state index < -0.39 is 0 Å². The normalized spacial score (nSPS) is 9.80. The number of alkyl halides is 1. The first-order valence-electron chi connectivity index (χ1n) is 3.13. The molecule has 0 aromatic heterocycles. The largest absolute Gasteiger partial charge is 0.207 e. The van der Waals surface area contributed by atoms with E-state index in [2.05, 4.69) is 15.9 Å². The van der Waals surface area contributed by atoms with Crippen LogP contribution >= 0.6 is 15.9 Å². The van der Waals surface area contributed by atoms with Crippen molar-refractivity contribution in [2.75, 3.05) is 5.33 Å². The van der Waals surface area contributed by atoms with E-state index in [4.69, 9.17) is 0 Å². The molecule has 0 fully saturated rings. The second-order valence-corrected chi connectivity index (χ2v) is 2.86. The highest BCUT2D eigenvalue weighted by Gasteiger charge is 1.90. The molecule has 0 unspecified atom stereocenters. The Morgan fingerprint density at radius 1 is 1.20 bits per heavy atom. The summed E-state index contributed by atoms with van der Waals surface area (Å²) in [6, 6.07) is 6.57. The average molecular weight is 202 g/mol. The van der Waals surface area contributed by atoms with Crippen LogP contribution in [0, 0.1) is 5.82 Å². The topological polar surface area (TPSA) is 0 Å². The Morgan fingerprint density at radius 3 is 2.30 bits per heavy atom. The molecule has 54 valence electrons. The number of rotatable bonds is 2. The smallest absolute Gasteiger partial charge is 0.123 e. The van der Waals surface area contributed by atoms with E-state index in [1.807, 2.05) is 0 Å². The standard InChI is InChI=1S/C8H8BrF/c9-6-5-7-1-3-8(10)4-2-7/h1-4H,5-6H2/i10-1. The zero-order chi connectivity index (χ0) is 7.40. The molecule has 0 radical (unpaired) electrons. The fraction of sp³-hybridized carbons (Fsp3) is 0.250. The monoisotopic (exact) mass is 201 g/mol. The van der Waals surface area contributed by atoms with E-state index in [0.29, 0.717) is 0 Å². The van der Waals surface area contributed by atoms with Crippen LogP contribution in [0.15, 0.2) is 24.3 Å². The molecule has 0 bridgehead atoms. The SMILES string of the molecule is [18F]c1ccc(CCBr)cc1. The van der Waals surface area contributed by atoms with Crippen molar-refractivity contribution in [3.05, 3.63) is 35.6 Å². The summed E-state index contributed by atoms with van der Waals surface area (Å²) in [4.78, 5) is 0. The third-order valence-electron chi connectivity index (χ3n) is 1.30. The van der Waals surface area contributed by atoms with Gasteiger partial charge in [-0.05, 0) is 24.1 Å². The van der Waals surface area contributed by atoms with Gasteiger partial charge in [0.1, 0.15) is 5.82 Å². The van der Waals surface area contributed by atoms with Crippen LogP contribution in [0.4, 0.5) is 4.39 Å². The summed E-state index contributed by atoms with van der Waals surface area (Å²) in [7, 11) is 0. The van der Waals surface area contributed by atoms with Crippen LogP contribution in [-0.2, 0) is 6.42 Å². The Kier molecular flexibility index (Phi) is 2.87. The van der Waals surface area contributed by atoms with Crippen LogP contribution in [0.25, 0.3) is 0 Å². The fourth-order valence-corrected chi connectivity index (χ4v) is 1.22. The summed E-state index contributed by atoms with van der Waals surface area (Å²) in [6.45, 7) is 0. The Balaban J connectivity index is 2.69. The van der Waals surface area contributed by atoms with Gasteiger partial charge in [0.05, 0.1) is 0 Å². The number of benzene rings is 1. The van der Waals surface area contributed by atoms with E-state index in [-0.39, 0.29) is 5.82 Å². The van der Waals surface area contributed by atoms with Gasteiger partial charge >= 0.3 is 0 Å². The zero-order valence-corrected chi connectivity index (χ0v) is 7.07. The first-order chi connectivity index (χ1) is 4.83. The molecule has 0 spiro atoms. The maximum absolute atomic E-state index is 12.3. The maximum atomic E-state index is 12.3. The molecule has 0 atom stereocenters. The van der Waals surface area contributed by atoms with Crippen molar-refractivity contribution in [3.8, 4) is 0 Å². The van der Waals surface area contributed by atoms with E-state index in [9.17, 15) is 4.39 Å². The number of aryl methyl sites for hydroxylation is 1. The molecule has 0 aliphatic rings. The molecule has 0 amide bonds. The third-order valence-corrected chi connectivity index (χ3v) is 1.69. The molecule has 0 saturated heterocycles. The lowest BCUT2D eigenvalue weighted by atomic mass is 10.2. The van der Waals surface area contributed by atoms with E-state index in [1.54, 1.807) is 12.1 Å². The summed E-state index contributed by atoms with van der Waals surface area (Å²) in [5, 5.41) is 0.929. The highest BCUT2D eigenvalue weighted by molar-refractivity contribution is 9.09. The van der Waals surface area contributed by atoms with Gasteiger partial charge in [-0.1, -0.05) is 28.1 Å². The molecule has 1 rings (SSSR count). The van der Waals surface area contributed by atoms with Gasteiger partial charge in [0.2, 0.25) is 0 Å². The average Bonchev–Trinajstić information content (AvgIpc) is 1.95. The summed E-state index contributed by atoms with van der Waals surface area (Å²) in [6.07, 6.45) is 0.959. The summed E-state index contributed by atoms with van der Waals surface area (Å²) >= 11 is 3.31. The van der Waals surface area contributed by atoms with Gasteiger partial charge in [0, 0.05) is 5.33 Å². The Hall–Kier alpha value is -0.370. The van der Waals surface area contributed by atoms with Gasteiger partial charge in [-0.2, -0.15) is 0 Å². The number of hydrogen-bond acceptors (Lipinski definition) is 0. The summed E-state index contributed by atoms with van der Waals surface area (Å²) in [5.74, 6) is -0.168. The highest BCUT2D eigenvalue weighted by Crippen LogP contribution is 2.04. The molecular formula is C8H8BrF. The van der Waals surface area contributed by atoms with Gasteiger partial charge in [-0.3, -0.25) is 0 Å². The molecule has 2 heteroatoms. The quantitative estimate of drug-likeness (QED) is 0.647. The molecule has 0 aliphatic heterocycles. The van der Waals surface area contributed by atoms with Crippen molar-refractivity contribution in [1.29, 1.82) is 0 Å². The Morgan fingerprint density at radius 2 is 1.80 bits per heavy atom. The van der Waals surface area contributed by atoms with Gasteiger partial charge in [0.15, 0.2) is 0 Å². The first kappa shape index (κ1) is 7.73. The molecule has 0 nitrogen and oxygen atoms in total. The minimum absolute atomic E-state index is 0.168. The molecule has 0 aliphatic carbocycles. The molecule has 0 N–H and O–H groups in total. The van der Waals surface area contributed by atoms with Gasteiger partial charge in [-0.25, -0.2) is 4.39 Å². The van der Waals surface area contributed by atoms with Crippen molar-refractivity contribution in [2.24, 2.45) is 0 Å². The minimum atomic E-state index is -0.168. The lowest BCUT2D eigenvalue weighted by Crippen LogP contribution is -1.84. The summed E-state index contributed by atoms with van der Waals surface area (Å²) < 4.78 is 12.3. The van der Waals surface area contributed by atoms with E-state index >= 15 is 0 Å². The van der Waals surface area contributed by atoms with Crippen LogP contribution in [-0.4, -0.2) is 5.33 Å². The molecule has 1 aromatic rings. The maximum Gasteiger partial charge on any atom is 0.123 e. The molecule has 1 aromatic carbocycles. The second kappa shape index (κ2) is 3.71. The van der Waals surface area contributed by atoms with Crippen LogP contribution in [0.3, 0.4) is 0 Å². The van der Waals surface area contributed by atoms with Crippen LogP contribution in [0.2, 0.25) is 0 Å². The first-order valence-corrected chi connectivity index (χ1v) is 4.25. The Bertz CT molecular complexity index is 193.